The minimum atomic E-state index is -4.47. The Morgan fingerprint density at radius 3 is 1.26 bits per heavy atom. The van der Waals surface area contributed by atoms with E-state index in [1.54, 1.807) is 13.8 Å². The predicted molar refractivity (Wildman–Crippen MR) is 194 cm³/mol. The molecule has 2 unspecified atom stereocenters. The van der Waals surface area contributed by atoms with Crippen molar-refractivity contribution >= 4 is 75.9 Å². The van der Waals surface area contributed by atoms with E-state index in [0.717, 1.165) is 0 Å². The highest BCUT2D eigenvalue weighted by atomic mass is 32.2. The molecule has 272 valence electrons. The Morgan fingerprint density at radius 1 is 0.566 bits per heavy atom. The number of hydrogen-bond acceptors (Lipinski definition) is 14. The first kappa shape index (κ1) is 36.9. The third kappa shape index (κ3) is 7.68. The number of hydrogen-bond donors (Lipinski definition) is 4. The molecule has 0 amide bonds. The maximum Gasteiger partial charge on any atom is 0.294 e. The standard InChI is InChI=1S/C32H28N10O8S3/c1-19-29(31(33)41(39-19)23-5-3-7-27(17-23)52(45,46)47)37-35-21-9-13-25(14-10-21)51(43,44)26-15-11-22(12-16-26)36-38-30-20(2)40-42(32(30)34)24-6-4-8-28(18-24)53(48,49)50/h3-18,29-30,33-34H,1-2H3,(H,45,46,47)(H,48,49,50). The van der Waals surface area contributed by atoms with E-state index in [2.05, 4.69) is 30.7 Å². The van der Waals surface area contributed by atoms with Gasteiger partial charge in [-0.25, -0.2) is 18.4 Å². The molecule has 2 atom stereocenters. The smallest absolute Gasteiger partial charge is 0.284 e. The van der Waals surface area contributed by atoms with Gasteiger partial charge in [-0.15, -0.1) is 0 Å². The molecule has 0 saturated carbocycles. The number of hydrazone groups is 2. The third-order valence-corrected chi connectivity index (χ3v) is 11.4. The summed E-state index contributed by atoms with van der Waals surface area (Å²) in [6.07, 6.45) is 0. The highest BCUT2D eigenvalue weighted by molar-refractivity contribution is 7.91. The Bertz CT molecular complexity index is 2430. The van der Waals surface area contributed by atoms with Crippen molar-refractivity contribution < 1.29 is 34.4 Å². The van der Waals surface area contributed by atoms with E-state index in [1.807, 2.05) is 0 Å². The van der Waals surface area contributed by atoms with E-state index >= 15 is 0 Å². The number of nitrogens with zero attached hydrogens (tertiary/aromatic N) is 8. The van der Waals surface area contributed by atoms with Gasteiger partial charge in [0.15, 0.2) is 23.8 Å². The monoisotopic (exact) mass is 776 g/mol. The average Bonchev–Trinajstić information content (AvgIpc) is 3.57. The summed E-state index contributed by atoms with van der Waals surface area (Å²) in [5, 5.41) is 44.6. The summed E-state index contributed by atoms with van der Waals surface area (Å²) in [7, 11) is -12.9. The fourth-order valence-electron chi connectivity index (χ4n) is 5.15. The number of amidine groups is 2. The van der Waals surface area contributed by atoms with E-state index < -0.39 is 42.2 Å². The van der Waals surface area contributed by atoms with Crippen LogP contribution in [-0.4, -0.2) is 69.5 Å². The van der Waals surface area contributed by atoms with Crippen molar-refractivity contribution in [2.45, 2.75) is 45.5 Å². The topological polar surface area (TPSA) is 271 Å². The minimum absolute atomic E-state index is 0.0218. The van der Waals surface area contributed by atoms with Crippen LogP contribution in [0.3, 0.4) is 0 Å². The van der Waals surface area contributed by atoms with Gasteiger partial charge >= 0.3 is 0 Å². The van der Waals surface area contributed by atoms with Crippen molar-refractivity contribution in [1.82, 2.24) is 0 Å². The van der Waals surface area contributed by atoms with Crippen LogP contribution in [0.25, 0.3) is 0 Å². The number of azo groups is 2. The van der Waals surface area contributed by atoms with Crippen molar-refractivity contribution in [3.8, 4) is 0 Å². The van der Waals surface area contributed by atoms with Crippen molar-refractivity contribution in [2.75, 3.05) is 10.0 Å². The SMILES string of the molecule is CC1=NN(c2cccc(S(=O)(=O)O)c2)C(=N)C1N=Nc1ccc(S(=O)(=O)c2ccc(N=NC3C(=N)N(c4cccc(S(=O)(=O)O)c4)N=C3C)cc2)cc1. The zero-order chi connectivity index (χ0) is 38.3. The molecule has 0 saturated heterocycles. The summed E-state index contributed by atoms with van der Waals surface area (Å²) in [5.41, 5.74) is 1.84. The Balaban J connectivity index is 1.10. The Kier molecular flexibility index (Phi) is 9.70. The highest BCUT2D eigenvalue weighted by Crippen LogP contribution is 2.29. The van der Waals surface area contributed by atoms with Gasteiger partial charge in [-0.1, -0.05) is 12.1 Å². The second-order valence-corrected chi connectivity index (χ2v) is 16.3. The van der Waals surface area contributed by atoms with Crippen LogP contribution in [0.5, 0.6) is 0 Å². The lowest BCUT2D eigenvalue weighted by atomic mass is 10.2. The molecule has 4 N–H and O–H groups in total. The van der Waals surface area contributed by atoms with Gasteiger partial charge in [-0.05, 0) is 98.8 Å². The van der Waals surface area contributed by atoms with Gasteiger partial charge in [0, 0.05) is 0 Å². The molecule has 0 bridgehead atoms. The molecule has 53 heavy (non-hydrogen) atoms. The maximum absolute atomic E-state index is 13.4. The molecule has 0 spiro atoms. The van der Waals surface area contributed by atoms with Crippen LogP contribution in [0.4, 0.5) is 22.7 Å². The lowest BCUT2D eigenvalue weighted by molar-refractivity contribution is 0.481. The normalized spacial score (nSPS) is 18.3. The van der Waals surface area contributed by atoms with Crippen LogP contribution in [-0.2, 0) is 30.1 Å². The lowest BCUT2D eigenvalue weighted by Gasteiger charge is -2.15. The quantitative estimate of drug-likeness (QED) is 0.113. The molecule has 2 aliphatic rings. The largest absolute Gasteiger partial charge is 0.294 e. The third-order valence-electron chi connectivity index (χ3n) is 7.87. The average molecular weight is 777 g/mol. The molecule has 18 nitrogen and oxygen atoms in total. The van der Waals surface area contributed by atoms with Gasteiger partial charge in [-0.2, -0.15) is 47.5 Å². The molecule has 2 aliphatic heterocycles. The molecular formula is C32H28N10O8S3. The molecule has 0 radical (unpaired) electrons. The van der Waals surface area contributed by atoms with E-state index in [-0.39, 0.29) is 42.6 Å². The van der Waals surface area contributed by atoms with Crippen molar-refractivity contribution in [2.24, 2.45) is 30.7 Å². The van der Waals surface area contributed by atoms with Gasteiger partial charge in [-0.3, -0.25) is 19.9 Å². The molecule has 4 aromatic rings. The molecular weight excluding hydrogens is 749 g/mol. The fourth-order valence-corrected chi connectivity index (χ4v) is 7.45. The summed E-state index contributed by atoms with van der Waals surface area (Å²) in [6, 6.07) is 20.0. The Hall–Kier alpha value is -5.87. The predicted octanol–water partition coefficient (Wildman–Crippen LogP) is 5.66. The summed E-state index contributed by atoms with van der Waals surface area (Å²) in [4.78, 5) is -0.757. The number of anilines is 2. The number of nitrogens with one attached hydrogen (secondary N) is 2. The van der Waals surface area contributed by atoms with Gasteiger partial charge in [0.05, 0.1) is 53.8 Å². The Morgan fingerprint density at radius 2 is 0.925 bits per heavy atom. The first-order valence-electron chi connectivity index (χ1n) is 15.2. The molecule has 0 fully saturated rings. The minimum Gasteiger partial charge on any atom is -0.284 e. The van der Waals surface area contributed by atoms with E-state index in [9.17, 15) is 34.4 Å². The fraction of sp³-hybridized carbons (Fsp3) is 0.125. The van der Waals surface area contributed by atoms with Crippen LogP contribution in [0, 0.1) is 10.8 Å². The zero-order valence-electron chi connectivity index (χ0n) is 27.5. The molecule has 21 heteroatoms. The molecule has 4 aromatic carbocycles. The molecule has 2 heterocycles. The van der Waals surface area contributed by atoms with Crippen molar-refractivity contribution in [3.63, 3.8) is 0 Å². The van der Waals surface area contributed by atoms with Gasteiger partial charge in [0.2, 0.25) is 9.84 Å². The number of sulfone groups is 1. The maximum atomic E-state index is 13.4. The van der Waals surface area contributed by atoms with Crippen LogP contribution < -0.4 is 10.0 Å². The van der Waals surface area contributed by atoms with Crippen LogP contribution in [0.1, 0.15) is 13.8 Å². The second kappa shape index (κ2) is 13.9. The van der Waals surface area contributed by atoms with E-state index in [4.69, 9.17) is 10.8 Å². The lowest BCUT2D eigenvalue weighted by Crippen LogP contribution is -2.29. The summed E-state index contributed by atoms with van der Waals surface area (Å²) < 4.78 is 91.6. The molecule has 0 aromatic heterocycles. The molecule has 6 rings (SSSR count). The number of benzene rings is 4. The zero-order valence-corrected chi connectivity index (χ0v) is 30.0. The van der Waals surface area contributed by atoms with Crippen molar-refractivity contribution in [3.05, 3.63) is 97.1 Å². The summed E-state index contributed by atoms with van der Waals surface area (Å²) >= 11 is 0. The summed E-state index contributed by atoms with van der Waals surface area (Å²) in [6.45, 7) is 3.24. The first-order valence-corrected chi connectivity index (χ1v) is 19.6. The van der Waals surface area contributed by atoms with E-state index in [1.165, 1.54) is 107 Å². The number of rotatable bonds is 10. The van der Waals surface area contributed by atoms with Gasteiger partial charge in [0.25, 0.3) is 20.2 Å². The second-order valence-electron chi connectivity index (χ2n) is 11.5. The first-order chi connectivity index (χ1) is 24.9. The van der Waals surface area contributed by atoms with E-state index in [0.29, 0.717) is 22.8 Å². The summed E-state index contributed by atoms with van der Waals surface area (Å²) in [5.74, 6) is -0.228. The highest BCUT2D eigenvalue weighted by Gasteiger charge is 2.33. The van der Waals surface area contributed by atoms with Crippen LogP contribution in [0.15, 0.2) is 147 Å². The van der Waals surface area contributed by atoms with Gasteiger partial charge in [0.1, 0.15) is 0 Å². The van der Waals surface area contributed by atoms with Gasteiger partial charge < -0.3 is 0 Å². The molecule has 0 aliphatic carbocycles. The van der Waals surface area contributed by atoms with Crippen LogP contribution >= 0.6 is 0 Å². The van der Waals surface area contributed by atoms with Crippen LogP contribution in [0.2, 0.25) is 0 Å². The van der Waals surface area contributed by atoms with Crippen molar-refractivity contribution in [1.29, 1.82) is 10.8 Å². The Labute approximate surface area is 303 Å².